The van der Waals surface area contributed by atoms with Gasteiger partial charge in [0.25, 0.3) is 17.7 Å². The molecule has 4 amide bonds. The molecule has 0 aliphatic carbocycles. The molecule has 0 spiro atoms. The first-order chi connectivity index (χ1) is 17.3. The predicted molar refractivity (Wildman–Crippen MR) is 127 cm³/mol. The first-order valence-electron chi connectivity index (χ1n) is 10.9. The van der Waals surface area contributed by atoms with Gasteiger partial charge in [0.1, 0.15) is 23.4 Å². The van der Waals surface area contributed by atoms with Crippen molar-refractivity contribution < 1.29 is 33.0 Å². The maximum absolute atomic E-state index is 13.7. The van der Waals surface area contributed by atoms with Gasteiger partial charge in [-0.05, 0) is 54.6 Å². The molecule has 9 nitrogen and oxygen atoms in total. The van der Waals surface area contributed by atoms with Crippen molar-refractivity contribution in [1.29, 1.82) is 0 Å². The van der Waals surface area contributed by atoms with E-state index in [1.165, 1.54) is 50.6 Å². The van der Waals surface area contributed by atoms with Crippen molar-refractivity contribution >= 4 is 29.3 Å². The number of hydrogen-bond acceptors (Lipinski definition) is 6. The van der Waals surface area contributed by atoms with E-state index in [4.69, 9.17) is 9.47 Å². The highest BCUT2D eigenvalue weighted by Crippen LogP contribution is 2.29. The Morgan fingerprint density at radius 2 is 1.61 bits per heavy atom. The first-order valence-corrected chi connectivity index (χ1v) is 10.9. The molecule has 1 heterocycles. The summed E-state index contributed by atoms with van der Waals surface area (Å²) in [4.78, 5) is 53.6. The Balaban J connectivity index is 1.68. The SMILES string of the molecule is COc1ccc(C(=O)N(NC(=O)c2cccc(F)c2)C2CC(=O)N(c3cccc(OC)c3)C2=O)cc1. The lowest BCUT2D eigenvalue weighted by molar-refractivity contribution is -0.122. The summed E-state index contributed by atoms with van der Waals surface area (Å²) in [5.74, 6) is -2.55. The van der Waals surface area contributed by atoms with Crippen LogP contribution in [0.2, 0.25) is 0 Å². The van der Waals surface area contributed by atoms with Crippen LogP contribution in [0.25, 0.3) is 0 Å². The van der Waals surface area contributed by atoms with Crippen LogP contribution in [-0.2, 0) is 9.59 Å². The second-order valence-corrected chi connectivity index (χ2v) is 7.84. The minimum Gasteiger partial charge on any atom is -0.497 e. The van der Waals surface area contributed by atoms with Crippen LogP contribution in [0.4, 0.5) is 10.1 Å². The molecule has 4 rings (SSSR count). The highest BCUT2D eigenvalue weighted by Gasteiger charge is 2.45. The van der Waals surface area contributed by atoms with Gasteiger partial charge < -0.3 is 9.47 Å². The number of hydrazine groups is 1. The van der Waals surface area contributed by atoms with E-state index >= 15 is 0 Å². The van der Waals surface area contributed by atoms with E-state index in [9.17, 15) is 23.6 Å². The van der Waals surface area contributed by atoms with Crippen LogP contribution in [0.3, 0.4) is 0 Å². The van der Waals surface area contributed by atoms with E-state index in [2.05, 4.69) is 5.43 Å². The summed E-state index contributed by atoms with van der Waals surface area (Å²) in [7, 11) is 2.92. The van der Waals surface area contributed by atoms with E-state index in [0.29, 0.717) is 11.5 Å². The number of imide groups is 1. The summed E-state index contributed by atoms with van der Waals surface area (Å²) >= 11 is 0. The monoisotopic (exact) mass is 491 g/mol. The Bertz CT molecular complexity index is 1330. The minimum atomic E-state index is -1.34. The fraction of sp³-hybridized carbons (Fsp3) is 0.154. The zero-order chi connectivity index (χ0) is 25.8. The van der Waals surface area contributed by atoms with E-state index < -0.39 is 35.5 Å². The number of carbonyl (C=O) groups is 4. The number of rotatable bonds is 6. The second kappa shape index (κ2) is 10.3. The fourth-order valence-corrected chi connectivity index (χ4v) is 3.79. The quantitative estimate of drug-likeness (QED) is 0.420. The number of amides is 4. The maximum atomic E-state index is 13.7. The normalized spacial score (nSPS) is 15.0. The Labute approximate surface area is 206 Å². The minimum absolute atomic E-state index is 0.0658. The first kappa shape index (κ1) is 24.4. The van der Waals surface area contributed by atoms with E-state index in [1.807, 2.05) is 0 Å². The van der Waals surface area contributed by atoms with Crippen molar-refractivity contribution in [1.82, 2.24) is 10.4 Å². The molecular weight excluding hydrogens is 469 g/mol. The lowest BCUT2D eigenvalue weighted by Gasteiger charge is -2.28. The van der Waals surface area contributed by atoms with Crippen molar-refractivity contribution in [3.05, 3.63) is 89.7 Å². The van der Waals surface area contributed by atoms with Gasteiger partial charge in [-0.15, -0.1) is 0 Å². The summed E-state index contributed by atoms with van der Waals surface area (Å²) in [6, 6.07) is 15.9. The molecule has 3 aromatic carbocycles. The molecular formula is C26H22FN3O6. The number of anilines is 1. The van der Waals surface area contributed by atoms with Crippen LogP contribution in [0.15, 0.2) is 72.8 Å². The van der Waals surface area contributed by atoms with Gasteiger partial charge in [-0.3, -0.25) is 24.6 Å². The van der Waals surface area contributed by atoms with Crippen LogP contribution >= 0.6 is 0 Å². The average molecular weight is 491 g/mol. The number of carbonyl (C=O) groups excluding carboxylic acids is 4. The van der Waals surface area contributed by atoms with E-state index in [1.54, 1.807) is 30.3 Å². The lowest BCUT2D eigenvalue weighted by atomic mass is 10.1. The van der Waals surface area contributed by atoms with Gasteiger partial charge in [0, 0.05) is 17.2 Å². The highest BCUT2D eigenvalue weighted by atomic mass is 19.1. The molecule has 0 saturated carbocycles. The summed E-state index contributed by atoms with van der Waals surface area (Å²) in [5, 5.41) is 0.815. The van der Waals surface area contributed by atoms with Gasteiger partial charge in [0.05, 0.1) is 26.3 Å². The standard InChI is InChI=1S/C26H22FN3O6/c1-35-20-11-9-16(10-12-20)25(33)30(28-24(32)17-5-3-6-18(27)13-17)22-15-23(31)29(26(22)34)19-7-4-8-21(14-19)36-2/h3-14,22H,15H2,1-2H3,(H,28,32). The van der Waals surface area contributed by atoms with Crippen LogP contribution in [0, 0.1) is 5.82 Å². The molecule has 0 radical (unpaired) electrons. The Morgan fingerprint density at radius 1 is 0.917 bits per heavy atom. The fourth-order valence-electron chi connectivity index (χ4n) is 3.79. The summed E-state index contributed by atoms with van der Waals surface area (Å²) in [6.07, 6.45) is -0.374. The summed E-state index contributed by atoms with van der Waals surface area (Å²) in [5.41, 5.74) is 2.73. The molecule has 0 bridgehead atoms. The molecule has 36 heavy (non-hydrogen) atoms. The Morgan fingerprint density at radius 3 is 2.28 bits per heavy atom. The second-order valence-electron chi connectivity index (χ2n) is 7.84. The Kier molecular flexibility index (Phi) is 6.95. The number of hydrogen-bond donors (Lipinski definition) is 1. The number of nitrogens with zero attached hydrogens (tertiary/aromatic N) is 2. The Hall–Kier alpha value is -4.73. The third-order valence-electron chi connectivity index (χ3n) is 5.61. The lowest BCUT2D eigenvalue weighted by Crippen LogP contribution is -2.54. The number of methoxy groups -OCH3 is 2. The zero-order valence-electron chi connectivity index (χ0n) is 19.4. The molecule has 1 aliphatic rings. The van der Waals surface area contributed by atoms with Gasteiger partial charge >= 0.3 is 0 Å². The van der Waals surface area contributed by atoms with Gasteiger partial charge in [0.2, 0.25) is 5.91 Å². The van der Waals surface area contributed by atoms with Crippen molar-refractivity contribution in [2.45, 2.75) is 12.5 Å². The topological polar surface area (TPSA) is 105 Å². The molecule has 0 aromatic heterocycles. The number of nitrogens with one attached hydrogen (secondary N) is 1. The zero-order valence-corrected chi connectivity index (χ0v) is 19.4. The van der Waals surface area contributed by atoms with Crippen LogP contribution in [0.1, 0.15) is 27.1 Å². The largest absolute Gasteiger partial charge is 0.497 e. The van der Waals surface area contributed by atoms with Gasteiger partial charge in [-0.25, -0.2) is 14.3 Å². The van der Waals surface area contributed by atoms with Crippen LogP contribution < -0.4 is 19.8 Å². The molecule has 1 N–H and O–H groups in total. The molecule has 1 unspecified atom stereocenters. The average Bonchev–Trinajstić information content (AvgIpc) is 3.20. The van der Waals surface area contributed by atoms with Crippen molar-refractivity contribution in [2.24, 2.45) is 0 Å². The van der Waals surface area contributed by atoms with Gasteiger partial charge in [0.15, 0.2) is 0 Å². The molecule has 1 atom stereocenters. The molecule has 3 aromatic rings. The number of halogens is 1. The molecule has 1 fully saturated rings. The van der Waals surface area contributed by atoms with Crippen molar-refractivity contribution in [3.8, 4) is 11.5 Å². The van der Waals surface area contributed by atoms with Gasteiger partial charge in [-0.1, -0.05) is 12.1 Å². The summed E-state index contributed by atoms with van der Waals surface area (Å²) in [6.45, 7) is 0. The number of benzene rings is 3. The third kappa shape index (κ3) is 4.88. The van der Waals surface area contributed by atoms with Crippen LogP contribution in [-0.4, -0.2) is 48.9 Å². The van der Waals surface area contributed by atoms with Crippen molar-refractivity contribution in [3.63, 3.8) is 0 Å². The molecule has 184 valence electrons. The predicted octanol–water partition coefficient (Wildman–Crippen LogP) is 2.96. The van der Waals surface area contributed by atoms with Crippen molar-refractivity contribution in [2.75, 3.05) is 19.1 Å². The van der Waals surface area contributed by atoms with E-state index in [0.717, 1.165) is 16.0 Å². The third-order valence-corrected chi connectivity index (χ3v) is 5.61. The number of ether oxygens (including phenoxy) is 2. The maximum Gasteiger partial charge on any atom is 0.273 e. The van der Waals surface area contributed by atoms with Gasteiger partial charge in [-0.2, -0.15) is 0 Å². The highest BCUT2D eigenvalue weighted by molar-refractivity contribution is 6.23. The van der Waals surface area contributed by atoms with Crippen LogP contribution in [0.5, 0.6) is 11.5 Å². The molecule has 10 heteroatoms. The summed E-state index contributed by atoms with van der Waals surface area (Å²) < 4.78 is 24.0. The smallest absolute Gasteiger partial charge is 0.273 e. The molecule has 1 aliphatic heterocycles. The molecule has 1 saturated heterocycles. The van der Waals surface area contributed by atoms with E-state index in [-0.39, 0.29) is 23.2 Å².